The first-order chi connectivity index (χ1) is 14.1. The van der Waals surface area contributed by atoms with Crippen LogP contribution < -0.4 is 5.73 Å². The number of rotatable bonds is 7. The number of piperidine rings is 1. The molecule has 2 aliphatic heterocycles. The number of benzene rings is 1. The summed E-state index contributed by atoms with van der Waals surface area (Å²) >= 11 is 9.71. The molecule has 2 saturated heterocycles. The number of aromatic nitrogens is 1. The molecule has 3 heterocycles. The molecule has 1 amide bonds. The lowest BCUT2D eigenvalue weighted by Gasteiger charge is -2.31. The van der Waals surface area contributed by atoms with Gasteiger partial charge in [0, 0.05) is 23.2 Å². The summed E-state index contributed by atoms with van der Waals surface area (Å²) in [4.78, 5) is 21.5. The van der Waals surface area contributed by atoms with Crippen molar-refractivity contribution >= 4 is 50.8 Å². The van der Waals surface area contributed by atoms with Crippen LogP contribution in [0.5, 0.6) is 0 Å². The zero-order chi connectivity index (χ0) is 20.2. The van der Waals surface area contributed by atoms with Crippen molar-refractivity contribution in [1.82, 2.24) is 14.8 Å². The van der Waals surface area contributed by atoms with Crippen molar-refractivity contribution in [2.45, 2.75) is 44.1 Å². The molecule has 8 heteroatoms. The van der Waals surface area contributed by atoms with E-state index in [1.165, 1.54) is 9.71 Å². The van der Waals surface area contributed by atoms with Gasteiger partial charge in [-0.25, -0.2) is 4.98 Å². The van der Waals surface area contributed by atoms with Gasteiger partial charge in [0.1, 0.15) is 0 Å². The first-order valence-corrected chi connectivity index (χ1v) is 12.9. The minimum Gasteiger partial charge on any atom is -0.331 e. The second-order valence-electron chi connectivity index (χ2n) is 8.02. The Kier molecular flexibility index (Phi) is 7.34. The monoisotopic (exact) mass is 452 g/mol. The standard InChI is InChI=1S/C21H29ClN4OS2/c22-16-4-5-18-19(13-16)29-20(24-18)15-6-9-25(10-7-15)8-2-1-3-17(23)21(27)26-11-12-28-14-26/h4-5,13,15,17H,1-3,6-12,14,23H2/t17-/m0/s1. The highest BCUT2D eigenvalue weighted by molar-refractivity contribution is 7.99. The van der Waals surface area contributed by atoms with Crippen molar-refractivity contribution in [3.63, 3.8) is 0 Å². The van der Waals surface area contributed by atoms with Gasteiger partial charge in [-0.1, -0.05) is 18.0 Å². The predicted molar refractivity (Wildman–Crippen MR) is 124 cm³/mol. The highest BCUT2D eigenvalue weighted by atomic mass is 35.5. The maximum atomic E-state index is 12.3. The van der Waals surface area contributed by atoms with E-state index in [1.807, 2.05) is 34.9 Å². The van der Waals surface area contributed by atoms with E-state index in [1.54, 1.807) is 11.3 Å². The van der Waals surface area contributed by atoms with Crippen molar-refractivity contribution in [3.8, 4) is 0 Å². The van der Waals surface area contributed by atoms with Crippen molar-refractivity contribution in [2.24, 2.45) is 5.73 Å². The Morgan fingerprint density at radius 1 is 1.28 bits per heavy atom. The smallest absolute Gasteiger partial charge is 0.240 e. The number of carbonyl (C=O) groups excluding carboxylic acids is 1. The maximum absolute atomic E-state index is 12.3. The van der Waals surface area contributed by atoms with E-state index >= 15 is 0 Å². The van der Waals surface area contributed by atoms with Crippen molar-refractivity contribution < 1.29 is 4.79 Å². The number of likely N-dealkylation sites (tertiary alicyclic amines) is 1. The number of fused-ring (bicyclic) bond motifs is 1. The molecule has 2 N–H and O–H groups in total. The molecule has 2 aliphatic rings. The van der Waals surface area contributed by atoms with E-state index in [-0.39, 0.29) is 11.9 Å². The molecule has 0 unspecified atom stereocenters. The van der Waals surface area contributed by atoms with Gasteiger partial charge in [-0.15, -0.1) is 23.1 Å². The molecule has 0 aliphatic carbocycles. The van der Waals surface area contributed by atoms with Crippen LogP contribution in [-0.2, 0) is 4.79 Å². The molecule has 2 fully saturated rings. The average molecular weight is 453 g/mol. The topological polar surface area (TPSA) is 62.5 Å². The summed E-state index contributed by atoms with van der Waals surface area (Å²) in [7, 11) is 0. The van der Waals surface area contributed by atoms with Gasteiger partial charge < -0.3 is 15.5 Å². The molecule has 1 aromatic carbocycles. The van der Waals surface area contributed by atoms with E-state index in [0.29, 0.717) is 5.92 Å². The number of nitrogens with zero attached hydrogens (tertiary/aromatic N) is 3. The summed E-state index contributed by atoms with van der Waals surface area (Å²) in [6.07, 6.45) is 5.26. The van der Waals surface area contributed by atoms with Crippen LogP contribution >= 0.6 is 34.7 Å². The molecule has 5 nitrogen and oxygen atoms in total. The second-order valence-corrected chi connectivity index (χ2v) is 10.6. The largest absolute Gasteiger partial charge is 0.331 e. The lowest BCUT2D eigenvalue weighted by molar-refractivity contribution is -0.131. The molecule has 0 radical (unpaired) electrons. The molecule has 1 atom stereocenters. The van der Waals surface area contributed by atoms with Gasteiger partial charge in [-0.05, 0) is 63.5 Å². The lowest BCUT2D eigenvalue weighted by atomic mass is 9.97. The Balaban J connectivity index is 1.16. The SMILES string of the molecule is N[C@@H](CCCCN1CCC(c2nc3ccc(Cl)cc3s2)CC1)C(=O)N1CCSC1. The van der Waals surface area contributed by atoms with Crippen LogP contribution in [0.15, 0.2) is 18.2 Å². The van der Waals surface area contributed by atoms with E-state index in [0.717, 1.165) is 80.5 Å². The van der Waals surface area contributed by atoms with Gasteiger partial charge in [0.25, 0.3) is 0 Å². The van der Waals surface area contributed by atoms with Gasteiger partial charge in [-0.2, -0.15) is 0 Å². The van der Waals surface area contributed by atoms with Gasteiger partial charge >= 0.3 is 0 Å². The molecule has 2 aromatic rings. The Bertz CT molecular complexity index is 831. The number of hydrogen-bond acceptors (Lipinski definition) is 6. The van der Waals surface area contributed by atoms with Gasteiger partial charge in [0.2, 0.25) is 5.91 Å². The number of amides is 1. The molecular weight excluding hydrogens is 424 g/mol. The van der Waals surface area contributed by atoms with Crippen LogP contribution in [0.1, 0.15) is 43.0 Å². The fourth-order valence-corrected chi connectivity index (χ4v) is 6.51. The third kappa shape index (κ3) is 5.44. The summed E-state index contributed by atoms with van der Waals surface area (Å²) in [5.41, 5.74) is 7.18. The predicted octanol–water partition coefficient (Wildman–Crippen LogP) is 4.16. The molecule has 158 valence electrons. The minimum absolute atomic E-state index is 0.132. The van der Waals surface area contributed by atoms with Crippen LogP contribution in [-0.4, -0.2) is 64.5 Å². The zero-order valence-electron chi connectivity index (χ0n) is 16.7. The lowest BCUT2D eigenvalue weighted by Crippen LogP contribution is -2.42. The first kappa shape index (κ1) is 21.4. The average Bonchev–Trinajstić information content (AvgIpc) is 3.40. The number of nitrogens with two attached hydrogens (primary N) is 1. The van der Waals surface area contributed by atoms with Gasteiger partial charge in [0.05, 0.1) is 27.1 Å². The number of carbonyl (C=O) groups is 1. The molecule has 1 aromatic heterocycles. The quantitative estimate of drug-likeness (QED) is 0.639. The van der Waals surface area contributed by atoms with Crippen LogP contribution in [0.4, 0.5) is 0 Å². The third-order valence-corrected chi connectivity index (χ3v) is 8.31. The number of thioether (sulfide) groups is 1. The summed E-state index contributed by atoms with van der Waals surface area (Å²) < 4.78 is 1.19. The molecular formula is C21H29ClN4OS2. The summed E-state index contributed by atoms with van der Waals surface area (Å²) in [6.45, 7) is 4.20. The van der Waals surface area contributed by atoms with Crippen LogP contribution in [0.2, 0.25) is 5.02 Å². The fourth-order valence-electron chi connectivity index (χ4n) is 4.14. The van der Waals surface area contributed by atoms with Gasteiger partial charge in [0.15, 0.2) is 0 Å². The fraction of sp³-hybridized carbons (Fsp3) is 0.619. The zero-order valence-corrected chi connectivity index (χ0v) is 19.1. The molecule has 0 spiro atoms. The van der Waals surface area contributed by atoms with Crippen molar-refractivity contribution in [3.05, 3.63) is 28.2 Å². The molecule has 29 heavy (non-hydrogen) atoms. The Hall–Kier alpha value is -0.860. The summed E-state index contributed by atoms with van der Waals surface area (Å²) in [5, 5.41) is 2.04. The highest BCUT2D eigenvalue weighted by Gasteiger charge is 2.25. The number of thiazole rings is 1. The summed E-state index contributed by atoms with van der Waals surface area (Å²) in [5.74, 6) is 2.54. The van der Waals surface area contributed by atoms with Crippen LogP contribution in [0.25, 0.3) is 10.2 Å². The molecule has 4 rings (SSSR count). The van der Waals surface area contributed by atoms with Crippen molar-refractivity contribution in [2.75, 3.05) is 37.8 Å². The normalized spacial score (nSPS) is 19.9. The van der Waals surface area contributed by atoms with E-state index in [2.05, 4.69) is 4.90 Å². The van der Waals surface area contributed by atoms with E-state index < -0.39 is 0 Å². The van der Waals surface area contributed by atoms with E-state index in [9.17, 15) is 4.79 Å². The highest BCUT2D eigenvalue weighted by Crippen LogP contribution is 2.34. The maximum Gasteiger partial charge on any atom is 0.240 e. The van der Waals surface area contributed by atoms with Gasteiger partial charge in [-0.3, -0.25) is 4.79 Å². The Morgan fingerprint density at radius 2 is 2.10 bits per heavy atom. The Labute approximate surface area is 186 Å². The van der Waals surface area contributed by atoms with Crippen molar-refractivity contribution in [1.29, 1.82) is 0 Å². The first-order valence-electron chi connectivity index (χ1n) is 10.5. The van der Waals surface area contributed by atoms with Crippen LogP contribution in [0, 0.1) is 0 Å². The Morgan fingerprint density at radius 3 is 2.86 bits per heavy atom. The minimum atomic E-state index is -0.327. The molecule has 0 bridgehead atoms. The summed E-state index contributed by atoms with van der Waals surface area (Å²) in [6, 6.07) is 5.63. The second kappa shape index (κ2) is 9.96. The third-order valence-electron chi connectivity index (χ3n) is 5.92. The number of hydrogen-bond donors (Lipinski definition) is 1. The van der Waals surface area contributed by atoms with E-state index in [4.69, 9.17) is 22.3 Å². The number of halogens is 1. The van der Waals surface area contributed by atoms with Crippen LogP contribution in [0.3, 0.4) is 0 Å². The number of unbranched alkanes of at least 4 members (excludes halogenated alkanes) is 1. The molecule has 0 saturated carbocycles.